The Balaban J connectivity index is 2.37. The molecule has 1 aromatic rings. The SMILES string of the molecule is CNCc1c(C)cc(C)nc1N1CCN(C)C(C)(C)C1. The minimum Gasteiger partial charge on any atom is -0.353 e. The lowest BCUT2D eigenvalue weighted by Gasteiger charge is -2.46. The Labute approximate surface area is 123 Å². The zero-order valence-electron chi connectivity index (χ0n) is 13.7. The van der Waals surface area contributed by atoms with E-state index in [4.69, 9.17) is 4.98 Å². The van der Waals surface area contributed by atoms with Crippen molar-refractivity contribution >= 4 is 5.82 Å². The topological polar surface area (TPSA) is 31.4 Å². The number of aromatic nitrogens is 1. The molecular weight excluding hydrogens is 248 g/mol. The van der Waals surface area contributed by atoms with E-state index >= 15 is 0 Å². The molecule has 1 saturated heterocycles. The number of hydrogen-bond donors (Lipinski definition) is 1. The standard InChI is InChI=1S/C16H28N4/c1-12-9-13(2)18-15(14(12)10-17-5)20-8-7-19(6)16(3,4)11-20/h9,17H,7-8,10-11H2,1-6H3. The van der Waals surface area contributed by atoms with Gasteiger partial charge in [0, 0.05) is 43.0 Å². The Morgan fingerprint density at radius 3 is 2.60 bits per heavy atom. The van der Waals surface area contributed by atoms with Crippen LogP contribution in [0.15, 0.2) is 6.07 Å². The molecule has 1 aliphatic heterocycles. The Kier molecular flexibility index (Phi) is 4.35. The lowest BCUT2D eigenvalue weighted by Crippen LogP contribution is -2.58. The van der Waals surface area contributed by atoms with Gasteiger partial charge in [0.15, 0.2) is 0 Å². The fourth-order valence-corrected chi connectivity index (χ4v) is 2.92. The molecule has 0 saturated carbocycles. The van der Waals surface area contributed by atoms with E-state index in [1.807, 2.05) is 7.05 Å². The molecule has 0 amide bonds. The maximum Gasteiger partial charge on any atom is 0.133 e. The Morgan fingerprint density at radius 1 is 1.30 bits per heavy atom. The van der Waals surface area contributed by atoms with Crippen LogP contribution in [-0.2, 0) is 6.54 Å². The minimum atomic E-state index is 0.189. The molecule has 1 aliphatic rings. The first kappa shape index (κ1) is 15.3. The number of anilines is 1. The van der Waals surface area contributed by atoms with Crippen LogP contribution in [0.3, 0.4) is 0 Å². The van der Waals surface area contributed by atoms with E-state index in [1.54, 1.807) is 0 Å². The van der Waals surface area contributed by atoms with Crippen molar-refractivity contribution < 1.29 is 0 Å². The number of hydrogen-bond acceptors (Lipinski definition) is 4. The highest BCUT2D eigenvalue weighted by Crippen LogP contribution is 2.28. The predicted octanol–water partition coefficient (Wildman–Crippen LogP) is 1.95. The van der Waals surface area contributed by atoms with E-state index in [2.05, 4.69) is 55.9 Å². The van der Waals surface area contributed by atoms with Crippen molar-refractivity contribution in [3.05, 3.63) is 22.9 Å². The summed E-state index contributed by atoms with van der Waals surface area (Å²) >= 11 is 0. The quantitative estimate of drug-likeness (QED) is 0.914. The average molecular weight is 276 g/mol. The highest BCUT2D eigenvalue weighted by Gasteiger charge is 2.32. The van der Waals surface area contributed by atoms with Crippen molar-refractivity contribution in [1.82, 2.24) is 15.2 Å². The van der Waals surface area contributed by atoms with E-state index in [9.17, 15) is 0 Å². The third-order valence-corrected chi connectivity index (χ3v) is 4.42. The molecule has 0 radical (unpaired) electrons. The van der Waals surface area contributed by atoms with Gasteiger partial charge in [-0.15, -0.1) is 0 Å². The van der Waals surface area contributed by atoms with E-state index in [1.165, 1.54) is 11.1 Å². The summed E-state index contributed by atoms with van der Waals surface area (Å²) < 4.78 is 0. The molecular formula is C16H28N4. The first-order valence-electron chi connectivity index (χ1n) is 7.43. The molecule has 20 heavy (non-hydrogen) atoms. The van der Waals surface area contributed by atoms with E-state index in [0.717, 1.165) is 37.7 Å². The van der Waals surface area contributed by atoms with Crippen molar-refractivity contribution in [3.8, 4) is 0 Å². The molecule has 0 bridgehead atoms. The van der Waals surface area contributed by atoms with Crippen LogP contribution in [0.4, 0.5) is 5.82 Å². The zero-order valence-corrected chi connectivity index (χ0v) is 13.7. The van der Waals surface area contributed by atoms with Crippen LogP contribution in [0.2, 0.25) is 0 Å². The molecule has 0 aliphatic carbocycles. The lowest BCUT2D eigenvalue weighted by molar-refractivity contribution is 0.138. The molecule has 0 aromatic carbocycles. The first-order chi connectivity index (χ1) is 9.35. The maximum absolute atomic E-state index is 4.83. The number of likely N-dealkylation sites (N-methyl/N-ethyl adjacent to an activating group) is 1. The number of piperazine rings is 1. The summed E-state index contributed by atoms with van der Waals surface area (Å²) in [6.45, 7) is 12.9. The highest BCUT2D eigenvalue weighted by molar-refractivity contribution is 5.52. The van der Waals surface area contributed by atoms with Crippen LogP contribution in [-0.4, -0.2) is 49.2 Å². The van der Waals surface area contributed by atoms with Gasteiger partial charge in [0.25, 0.3) is 0 Å². The molecule has 1 N–H and O–H groups in total. The minimum absolute atomic E-state index is 0.189. The first-order valence-corrected chi connectivity index (χ1v) is 7.43. The fourth-order valence-electron chi connectivity index (χ4n) is 2.92. The summed E-state index contributed by atoms with van der Waals surface area (Å²) in [7, 11) is 4.21. The summed E-state index contributed by atoms with van der Waals surface area (Å²) in [6, 6.07) is 2.18. The third kappa shape index (κ3) is 2.96. The van der Waals surface area contributed by atoms with Crippen LogP contribution in [0, 0.1) is 13.8 Å². The van der Waals surface area contributed by atoms with Crippen LogP contribution in [0.1, 0.15) is 30.7 Å². The molecule has 4 nitrogen and oxygen atoms in total. The van der Waals surface area contributed by atoms with Gasteiger partial charge < -0.3 is 10.2 Å². The summed E-state index contributed by atoms with van der Waals surface area (Å²) in [5, 5.41) is 3.28. The van der Waals surface area contributed by atoms with E-state index < -0.39 is 0 Å². The largest absolute Gasteiger partial charge is 0.353 e. The fraction of sp³-hybridized carbons (Fsp3) is 0.688. The maximum atomic E-state index is 4.83. The van der Waals surface area contributed by atoms with Gasteiger partial charge in [-0.25, -0.2) is 4.98 Å². The molecule has 0 spiro atoms. The smallest absolute Gasteiger partial charge is 0.133 e. The van der Waals surface area contributed by atoms with Gasteiger partial charge in [0.2, 0.25) is 0 Å². The van der Waals surface area contributed by atoms with Gasteiger partial charge in [-0.05, 0) is 53.4 Å². The van der Waals surface area contributed by atoms with E-state index in [-0.39, 0.29) is 5.54 Å². The predicted molar refractivity (Wildman–Crippen MR) is 85.4 cm³/mol. The van der Waals surface area contributed by atoms with Gasteiger partial charge in [-0.1, -0.05) is 0 Å². The van der Waals surface area contributed by atoms with E-state index in [0.29, 0.717) is 0 Å². The molecule has 2 heterocycles. The second-order valence-corrected chi connectivity index (χ2v) is 6.57. The molecule has 1 fully saturated rings. The number of nitrogens with zero attached hydrogens (tertiary/aromatic N) is 3. The van der Waals surface area contributed by atoms with Crippen LogP contribution >= 0.6 is 0 Å². The lowest BCUT2D eigenvalue weighted by atomic mass is 9.98. The second kappa shape index (κ2) is 5.70. The summed E-state index contributed by atoms with van der Waals surface area (Å²) in [6.07, 6.45) is 0. The zero-order chi connectivity index (χ0) is 14.9. The monoisotopic (exact) mass is 276 g/mol. The van der Waals surface area contributed by atoms with Gasteiger partial charge >= 0.3 is 0 Å². The molecule has 112 valence electrons. The van der Waals surface area contributed by atoms with Crippen LogP contribution < -0.4 is 10.2 Å². The molecule has 4 heteroatoms. The van der Waals surface area contributed by atoms with Crippen molar-refractivity contribution in [2.75, 3.05) is 38.6 Å². The molecule has 0 unspecified atom stereocenters. The molecule has 0 atom stereocenters. The van der Waals surface area contributed by atoms with Crippen LogP contribution in [0.5, 0.6) is 0 Å². The Morgan fingerprint density at radius 2 is 2.00 bits per heavy atom. The van der Waals surface area contributed by atoms with Crippen molar-refractivity contribution in [1.29, 1.82) is 0 Å². The van der Waals surface area contributed by atoms with Gasteiger partial charge in [0.1, 0.15) is 5.82 Å². The van der Waals surface area contributed by atoms with Crippen molar-refractivity contribution in [2.24, 2.45) is 0 Å². The van der Waals surface area contributed by atoms with Gasteiger partial charge in [-0.3, -0.25) is 4.90 Å². The summed E-state index contributed by atoms with van der Waals surface area (Å²) in [4.78, 5) is 9.72. The summed E-state index contributed by atoms with van der Waals surface area (Å²) in [5.74, 6) is 1.16. The third-order valence-electron chi connectivity index (χ3n) is 4.42. The van der Waals surface area contributed by atoms with Gasteiger partial charge in [0.05, 0.1) is 0 Å². The number of nitrogens with one attached hydrogen (secondary N) is 1. The van der Waals surface area contributed by atoms with Gasteiger partial charge in [-0.2, -0.15) is 0 Å². The van der Waals surface area contributed by atoms with Crippen LogP contribution in [0.25, 0.3) is 0 Å². The Hall–Kier alpha value is -1.13. The number of rotatable bonds is 3. The average Bonchev–Trinajstić information content (AvgIpc) is 2.35. The van der Waals surface area contributed by atoms with Crippen molar-refractivity contribution in [2.45, 2.75) is 39.8 Å². The Bertz CT molecular complexity index is 482. The summed E-state index contributed by atoms with van der Waals surface area (Å²) in [5.41, 5.74) is 3.96. The number of aryl methyl sites for hydroxylation is 2. The molecule has 1 aromatic heterocycles. The molecule has 2 rings (SSSR count). The van der Waals surface area contributed by atoms with Crippen molar-refractivity contribution in [3.63, 3.8) is 0 Å². The normalized spacial score (nSPS) is 19.4. The highest BCUT2D eigenvalue weighted by atomic mass is 15.3. The number of pyridine rings is 1. The second-order valence-electron chi connectivity index (χ2n) is 6.57.